The third-order valence-corrected chi connectivity index (χ3v) is 1.73. The van der Waals surface area contributed by atoms with E-state index in [1.807, 2.05) is 0 Å². The summed E-state index contributed by atoms with van der Waals surface area (Å²) >= 11 is 0. The van der Waals surface area contributed by atoms with Gasteiger partial charge in [0.05, 0.1) is 11.1 Å². The summed E-state index contributed by atoms with van der Waals surface area (Å²) in [7, 11) is 0. The van der Waals surface area contributed by atoms with Gasteiger partial charge in [-0.1, -0.05) is 0 Å². The molecular formula is C8H7N3O. The Labute approximate surface area is 68.4 Å². The van der Waals surface area contributed by atoms with Crippen molar-refractivity contribution in [2.75, 3.05) is 0 Å². The van der Waals surface area contributed by atoms with Gasteiger partial charge in [-0.05, 0) is 6.07 Å². The minimum absolute atomic E-state index is 0.429. The zero-order valence-corrected chi connectivity index (χ0v) is 6.24. The average Bonchev–Trinajstić information content (AvgIpc) is 2.49. The molecule has 0 fully saturated rings. The molecule has 0 spiro atoms. The lowest BCUT2D eigenvalue weighted by atomic mass is 10.2. The van der Waals surface area contributed by atoms with Crippen LogP contribution in [0.15, 0.2) is 24.7 Å². The second-order valence-electron chi connectivity index (χ2n) is 2.48. The monoisotopic (exact) mass is 161 g/mol. The fourth-order valence-electron chi connectivity index (χ4n) is 1.17. The summed E-state index contributed by atoms with van der Waals surface area (Å²) in [6.45, 7) is 0. The maximum absolute atomic E-state index is 10.9. The van der Waals surface area contributed by atoms with Crippen molar-refractivity contribution in [2.24, 2.45) is 5.73 Å². The number of aromatic nitrogens is 2. The van der Waals surface area contributed by atoms with Crippen LogP contribution in [0.3, 0.4) is 0 Å². The number of hydrogen-bond donors (Lipinski definition) is 2. The van der Waals surface area contributed by atoms with E-state index in [2.05, 4.69) is 9.97 Å². The zero-order valence-electron chi connectivity index (χ0n) is 6.24. The van der Waals surface area contributed by atoms with Crippen LogP contribution in [-0.4, -0.2) is 15.9 Å². The fourth-order valence-corrected chi connectivity index (χ4v) is 1.17. The highest BCUT2D eigenvalue weighted by molar-refractivity contribution is 6.04. The molecule has 0 aromatic carbocycles. The molecule has 0 aliphatic heterocycles. The first-order chi connectivity index (χ1) is 5.79. The fraction of sp³-hybridized carbons (Fsp3) is 0. The van der Waals surface area contributed by atoms with E-state index in [9.17, 15) is 4.79 Å². The molecule has 4 nitrogen and oxygen atoms in total. The van der Waals surface area contributed by atoms with Gasteiger partial charge in [-0.25, -0.2) is 0 Å². The summed E-state index contributed by atoms with van der Waals surface area (Å²) in [5, 5.41) is 0.769. The Morgan fingerprint density at radius 2 is 2.33 bits per heavy atom. The molecule has 0 atom stereocenters. The summed E-state index contributed by atoms with van der Waals surface area (Å²) in [6, 6.07) is 1.61. The molecule has 0 radical (unpaired) electrons. The van der Waals surface area contributed by atoms with Gasteiger partial charge < -0.3 is 10.7 Å². The highest BCUT2D eigenvalue weighted by Gasteiger charge is 2.06. The van der Waals surface area contributed by atoms with E-state index >= 15 is 0 Å². The molecule has 12 heavy (non-hydrogen) atoms. The smallest absolute Gasteiger partial charge is 0.249 e. The molecule has 2 aromatic rings. The molecule has 0 unspecified atom stereocenters. The first-order valence-corrected chi connectivity index (χ1v) is 3.50. The Bertz CT molecular complexity index is 433. The number of H-pyrrole nitrogens is 1. The van der Waals surface area contributed by atoms with Crippen LogP contribution in [0.25, 0.3) is 10.9 Å². The molecule has 2 heterocycles. The van der Waals surface area contributed by atoms with Gasteiger partial charge >= 0.3 is 0 Å². The molecule has 0 aliphatic rings. The zero-order chi connectivity index (χ0) is 8.55. The first-order valence-electron chi connectivity index (χ1n) is 3.50. The molecule has 2 aromatic heterocycles. The molecule has 0 saturated carbocycles. The topological polar surface area (TPSA) is 71.8 Å². The predicted octanol–water partition coefficient (Wildman–Crippen LogP) is 0.662. The number of pyridine rings is 1. The summed E-state index contributed by atoms with van der Waals surface area (Å²) < 4.78 is 0. The molecule has 0 aliphatic carbocycles. The van der Waals surface area contributed by atoms with Gasteiger partial charge in [0.15, 0.2) is 0 Å². The Hall–Kier alpha value is -1.84. The van der Waals surface area contributed by atoms with Crippen molar-refractivity contribution in [1.82, 2.24) is 9.97 Å². The second-order valence-corrected chi connectivity index (χ2v) is 2.48. The van der Waals surface area contributed by atoms with Crippen LogP contribution in [0.5, 0.6) is 0 Å². The van der Waals surface area contributed by atoms with E-state index in [0.717, 1.165) is 10.9 Å². The molecular weight excluding hydrogens is 154 g/mol. The van der Waals surface area contributed by atoms with Crippen molar-refractivity contribution in [1.29, 1.82) is 0 Å². The average molecular weight is 161 g/mol. The Balaban J connectivity index is 2.82. The maximum Gasteiger partial charge on any atom is 0.249 e. The highest BCUT2D eigenvalue weighted by atomic mass is 16.1. The predicted molar refractivity (Wildman–Crippen MR) is 44.6 cm³/mol. The summed E-state index contributed by atoms with van der Waals surface area (Å²) in [4.78, 5) is 17.8. The van der Waals surface area contributed by atoms with Crippen molar-refractivity contribution >= 4 is 16.8 Å². The van der Waals surface area contributed by atoms with Crippen LogP contribution < -0.4 is 5.73 Å². The minimum atomic E-state index is -0.429. The number of nitrogens with zero attached hydrogens (tertiary/aromatic N) is 1. The maximum atomic E-state index is 10.9. The summed E-state index contributed by atoms with van der Waals surface area (Å²) in [6.07, 6.45) is 5.00. The van der Waals surface area contributed by atoms with Gasteiger partial charge in [0, 0.05) is 24.0 Å². The number of carbonyl (C=O) groups is 1. The second kappa shape index (κ2) is 2.34. The number of fused-ring (bicyclic) bond motifs is 1. The van der Waals surface area contributed by atoms with Crippen LogP contribution in [-0.2, 0) is 0 Å². The normalized spacial score (nSPS) is 10.3. The third kappa shape index (κ3) is 0.852. The number of primary amides is 1. The van der Waals surface area contributed by atoms with Gasteiger partial charge in [-0.3, -0.25) is 9.78 Å². The van der Waals surface area contributed by atoms with Crippen LogP contribution in [0.1, 0.15) is 10.4 Å². The Kier molecular flexibility index (Phi) is 1.33. The van der Waals surface area contributed by atoms with E-state index in [-0.39, 0.29) is 0 Å². The largest absolute Gasteiger partial charge is 0.366 e. The molecule has 3 N–H and O–H groups in total. The molecule has 4 heteroatoms. The van der Waals surface area contributed by atoms with Crippen LogP contribution in [0, 0.1) is 0 Å². The van der Waals surface area contributed by atoms with Crippen LogP contribution >= 0.6 is 0 Å². The van der Waals surface area contributed by atoms with Gasteiger partial charge in [-0.2, -0.15) is 0 Å². The van der Waals surface area contributed by atoms with Crippen molar-refractivity contribution in [3.63, 3.8) is 0 Å². The number of rotatable bonds is 1. The molecule has 60 valence electrons. The molecule has 0 bridgehead atoms. The number of amides is 1. The summed E-state index contributed by atoms with van der Waals surface area (Å²) in [5.74, 6) is -0.429. The van der Waals surface area contributed by atoms with Gasteiger partial charge in [0.1, 0.15) is 0 Å². The lowest BCUT2D eigenvalue weighted by Gasteiger charge is -1.95. The SMILES string of the molecule is NC(=O)c1ccnc2c[nH]cc12. The Morgan fingerprint density at radius 3 is 3.08 bits per heavy atom. The number of nitrogens with one attached hydrogen (secondary N) is 1. The quantitative estimate of drug-likeness (QED) is 0.644. The molecule has 1 amide bonds. The number of carbonyl (C=O) groups excluding carboxylic acids is 1. The van der Waals surface area contributed by atoms with Crippen molar-refractivity contribution < 1.29 is 4.79 Å². The van der Waals surface area contributed by atoms with Gasteiger partial charge in [-0.15, -0.1) is 0 Å². The van der Waals surface area contributed by atoms with Gasteiger partial charge in [0.2, 0.25) is 5.91 Å². The lowest BCUT2D eigenvalue weighted by Crippen LogP contribution is -2.11. The van der Waals surface area contributed by atoms with E-state index < -0.39 is 5.91 Å². The van der Waals surface area contributed by atoms with Crippen molar-refractivity contribution in [3.05, 3.63) is 30.2 Å². The highest BCUT2D eigenvalue weighted by Crippen LogP contribution is 2.14. The van der Waals surface area contributed by atoms with Crippen LogP contribution in [0.4, 0.5) is 0 Å². The van der Waals surface area contributed by atoms with E-state index in [0.29, 0.717) is 5.56 Å². The number of aromatic amines is 1. The lowest BCUT2D eigenvalue weighted by molar-refractivity contribution is 0.100. The van der Waals surface area contributed by atoms with Crippen molar-refractivity contribution in [2.45, 2.75) is 0 Å². The Morgan fingerprint density at radius 1 is 1.50 bits per heavy atom. The van der Waals surface area contributed by atoms with E-state index in [4.69, 9.17) is 5.73 Å². The number of nitrogens with two attached hydrogens (primary N) is 1. The van der Waals surface area contributed by atoms with E-state index in [1.54, 1.807) is 24.7 Å². The third-order valence-electron chi connectivity index (χ3n) is 1.73. The van der Waals surface area contributed by atoms with Crippen LogP contribution in [0.2, 0.25) is 0 Å². The van der Waals surface area contributed by atoms with Gasteiger partial charge in [0.25, 0.3) is 0 Å². The summed E-state index contributed by atoms with van der Waals surface area (Å²) in [5.41, 5.74) is 6.42. The first kappa shape index (κ1) is 6.84. The van der Waals surface area contributed by atoms with Crippen molar-refractivity contribution in [3.8, 4) is 0 Å². The molecule has 0 saturated heterocycles. The number of hydrogen-bond acceptors (Lipinski definition) is 2. The standard InChI is InChI=1S/C8H7N3O/c9-8(12)5-1-2-11-7-4-10-3-6(5)7/h1-4,10H,(H2,9,12). The van der Waals surface area contributed by atoms with E-state index in [1.165, 1.54) is 0 Å². The minimum Gasteiger partial charge on any atom is -0.366 e. The molecule has 2 rings (SSSR count).